The molecule has 1 saturated heterocycles. The number of hydrogen-bond acceptors (Lipinski definition) is 3. The zero-order valence-electron chi connectivity index (χ0n) is 16.2. The first-order chi connectivity index (χ1) is 14.4. The van der Waals surface area contributed by atoms with E-state index in [4.69, 9.17) is 11.6 Å². The average Bonchev–Trinajstić information content (AvgIpc) is 3.29. The van der Waals surface area contributed by atoms with Crippen LogP contribution < -0.4 is 4.72 Å². The second-order valence-corrected chi connectivity index (χ2v) is 9.43. The van der Waals surface area contributed by atoms with Crippen molar-refractivity contribution in [2.24, 2.45) is 0 Å². The van der Waals surface area contributed by atoms with Crippen molar-refractivity contribution < 1.29 is 13.2 Å². The van der Waals surface area contributed by atoms with E-state index in [9.17, 15) is 13.2 Å². The number of benzene rings is 2. The van der Waals surface area contributed by atoms with Gasteiger partial charge < -0.3 is 9.47 Å². The predicted octanol–water partition coefficient (Wildman–Crippen LogP) is 3.71. The van der Waals surface area contributed by atoms with Gasteiger partial charge in [-0.15, -0.1) is 0 Å². The Morgan fingerprint density at radius 2 is 1.53 bits per heavy atom. The van der Waals surface area contributed by atoms with Crippen LogP contribution in [0.25, 0.3) is 5.69 Å². The minimum atomic E-state index is -3.61. The third-order valence-corrected chi connectivity index (χ3v) is 7.03. The lowest BCUT2D eigenvalue weighted by molar-refractivity contribution is 0.0711. The van der Waals surface area contributed by atoms with Crippen LogP contribution in [0.2, 0.25) is 5.02 Å². The Hall–Kier alpha value is -2.61. The molecule has 4 rings (SSSR count). The van der Waals surface area contributed by atoms with Gasteiger partial charge in [-0.2, -0.15) is 0 Å². The van der Waals surface area contributed by atoms with Crippen LogP contribution in [0, 0.1) is 0 Å². The Kier molecular flexibility index (Phi) is 5.94. The number of nitrogens with one attached hydrogen (secondary N) is 1. The molecule has 0 atom stereocenters. The largest absolute Gasteiger partial charge is 0.339 e. The van der Waals surface area contributed by atoms with Crippen LogP contribution in [0.5, 0.6) is 0 Å². The fourth-order valence-electron chi connectivity index (χ4n) is 3.57. The Morgan fingerprint density at radius 1 is 0.933 bits per heavy atom. The molecule has 3 aromatic rings. The van der Waals surface area contributed by atoms with Crippen molar-refractivity contribution in [1.82, 2.24) is 14.2 Å². The van der Waals surface area contributed by atoms with Crippen molar-refractivity contribution in [3.8, 4) is 5.69 Å². The highest BCUT2D eigenvalue weighted by atomic mass is 35.5. The summed E-state index contributed by atoms with van der Waals surface area (Å²) in [6.45, 7) is 1.01. The first kappa shape index (κ1) is 20.7. The molecule has 1 amide bonds. The van der Waals surface area contributed by atoms with Gasteiger partial charge in [0.15, 0.2) is 0 Å². The second kappa shape index (κ2) is 8.63. The van der Waals surface area contributed by atoms with E-state index in [-0.39, 0.29) is 16.8 Å². The number of hydrogen-bond donors (Lipinski definition) is 1. The molecule has 0 spiro atoms. The summed E-state index contributed by atoms with van der Waals surface area (Å²) in [7, 11) is -3.61. The van der Waals surface area contributed by atoms with Gasteiger partial charge in [-0.25, -0.2) is 13.1 Å². The van der Waals surface area contributed by atoms with E-state index < -0.39 is 10.0 Å². The van der Waals surface area contributed by atoms with Crippen LogP contribution >= 0.6 is 11.6 Å². The van der Waals surface area contributed by atoms with Crippen molar-refractivity contribution in [2.45, 2.75) is 23.8 Å². The SMILES string of the molecule is O=C(c1ccc(-n2cccc2)cc1)N1CCC(NS(=O)(=O)c2ccc(Cl)cc2)CC1. The Balaban J connectivity index is 1.35. The first-order valence-corrected chi connectivity index (χ1v) is 11.6. The molecule has 30 heavy (non-hydrogen) atoms. The molecule has 1 aromatic heterocycles. The maximum Gasteiger partial charge on any atom is 0.253 e. The molecule has 2 aromatic carbocycles. The molecule has 0 radical (unpaired) electrons. The number of likely N-dealkylation sites (tertiary alicyclic amines) is 1. The summed E-state index contributed by atoms with van der Waals surface area (Å²) in [5.74, 6) is -0.0342. The van der Waals surface area contributed by atoms with E-state index in [1.165, 1.54) is 12.1 Å². The molecular formula is C22H22ClN3O3S. The molecule has 6 nitrogen and oxygen atoms in total. The Labute approximate surface area is 181 Å². The highest BCUT2D eigenvalue weighted by molar-refractivity contribution is 7.89. The van der Waals surface area contributed by atoms with Crippen LogP contribution in [0.4, 0.5) is 0 Å². The number of amides is 1. The first-order valence-electron chi connectivity index (χ1n) is 9.73. The summed E-state index contributed by atoms with van der Waals surface area (Å²) < 4.78 is 29.8. The highest BCUT2D eigenvalue weighted by Crippen LogP contribution is 2.19. The maximum absolute atomic E-state index is 12.8. The zero-order chi connectivity index (χ0) is 21.1. The Bertz CT molecular complexity index is 1100. The van der Waals surface area contributed by atoms with E-state index in [1.807, 2.05) is 53.4 Å². The predicted molar refractivity (Wildman–Crippen MR) is 116 cm³/mol. The number of aromatic nitrogens is 1. The number of sulfonamides is 1. The van der Waals surface area contributed by atoms with Crippen LogP contribution in [-0.2, 0) is 10.0 Å². The lowest BCUT2D eigenvalue weighted by Crippen LogP contribution is -2.46. The minimum Gasteiger partial charge on any atom is -0.339 e. The maximum atomic E-state index is 12.8. The molecule has 1 N–H and O–H groups in total. The van der Waals surface area contributed by atoms with E-state index in [0.717, 1.165) is 5.69 Å². The monoisotopic (exact) mass is 443 g/mol. The molecular weight excluding hydrogens is 422 g/mol. The normalized spacial score (nSPS) is 15.3. The minimum absolute atomic E-state index is 0.0342. The van der Waals surface area contributed by atoms with Crippen molar-refractivity contribution in [3.63, 3.8) is 0 Å². The van der Waals surface area contributed by atoms with Gasteiger partial charge in [0.1, 0.15) is 0 Å². The van der Waals surface area contributed by atoms with Crippen LogP contribution in [0.1, 0.15) is 23.2 Å². The zero-order valence-corrected chi connectivity index (χ0v) is 17.8. The average molecular weight is 444 g/mol. The number of nitrogens with zero attached hydrogens (tertiary/aromatic N) is 2. The number of carbonyl (C=O) groups excluding carboxylic acids is 1. The fraction of sp³-hybridized carbons (Fsp3) is 0.227. The van der Waals surface area contributed by atoms with Crippen molar-refractivity contribution in [2.75, 3.05) is 13.1 Å². The number of halogens is 1. The lowest BCUT2D eigenvalue weighted by atomic mass is 10.0. The van der Waals surface area contributed by atoms with Gasteiger partial charge in [0, 0.05) is 47.8 Å². The van der Waals surface area contributed by atoms with E-state index in [2.05, 4.69) is 4.72 Å². The highest BCUT2D eigenvalue weighted by Gasteiger charge is 2.27. The van der Waals surface area contributed by atoms with Gasteiger partial charge in [-0.05, 0) is 73.5 Å². The summed E-state index contributed by atoms with van der Waals surface area (Å²) in [4.78, 5) is 14.8. The van der Waals surface area contributed by atoms with Gasteiger partial charge in [0.2, 0.25) is 10.0 Å². The lowest BCUT2D eigenvalue weighted by Gasteiger charge is -2.32. The number of rotatable bonds is 5. The van der Waals surface area contributed by atoms with Crippen LogP contribution in [0.3, 0.4) is 0 Å². The third-order valence-electron chi connectivity index (χ3n) is 5.24. The van der Waals surface area contributed by atoms with E-state index in [0.29, 0.717) is 36.5 Å². The van der Waals surface area contributed by atoms with Crippen LogP contribution in [0.15, 0.2) is 78.0 Å². The topological polar surface area (TPSA) is 71.4 Å². The Morgan fingerprint density at radius 3 is 2.13 bits per heavy atom. The molecule has 1 aliphatic rings. The molecule has 0 saturated carbocycles. The molecule has 2 heterocycles. The fourth-order valence-corrected chi connectivity index (χ4v) is 5.00. The summed E-state index contributed by atoms with van der Waals surface area (Å²) in [5.41, 5.74) is 1.62. The van der Waals surface area contributed by atoms with Crippen molar-refractivity contribution in [1.29, 1.82) is 0 Å². The number of piperidine rings is 1. The third kappa shape index (κ3) is 4.59. The van der Waals surface area contributed by atoms with E-state index >= 15 is 0 Å². The molecule has 1 fully saturated rings. The molecule has 1 aliphatic heterocycles. The van der Waals surface area contributed by atoms with Crippen LogP contribution in [-0.4, -0.2) is 42.9 Å². The summed E-state index contributed by atoms with van der Waals surface area (Å²) >= 11 is 5.83. The van der Waals surface area contributed by atoms with Gasteiger partial charge in [-0.1, -0.05) is 11.6 Å². The standard InChI is InChI=1S/C22H22ClN3O3S/c23-18-5-9-21(10-6-18)30(28,29)24-19-11-15-26(16-12-19)22(27)17-3-7-20(8-4-17)25-13-1-2-14-25/h1-10,13-14,19,24H,11-12,15-16H2. The smallest absolute Gasteiger partial charge is 0.253 e. The van der Waals surface area contributed by atoms with Gasteiger partial charge in [0.25, 0.3) is 5.91 Å². The number of carbonyl (C=O) groups is 1. The van der Waals surface area contributed by atoms with Gasteiger partial charge in [-0.3, -0.25) is 4.79 Å². The molecule has 0 aliphatic carbocycles. The van der Waals surface area contributed by atoms with Crippen molar-refractivity contribution >= 4 is 27.5 Å². The molecule has 0 bridgehead atoms. The van der Waals surface area contributed by atoms with Gasteiger partial charge >= 0.3 is 0 Å². The van der Waals surface area contributed by atoms with Crippen molar-refractivity contribution in [3.05, 3.63) is 83.6 Å². The summed E-state index contributed by atoms with van der Waals surface area (Å²) in [6.07, 6.45) is 5.04. The van der Waals surface area contributed by atoms with E-state index in [1.54, 1.807) is 17.0 Å². The molecule has 156 valence electrons. The quantitative estimate of drug-likeness (QED) is 0.653. The summed E-state index contributed by atoms with van der Waals surface area (Å²) in [5, 5.41) is 0.488. The van der Waals surface area contributed by atoms with Gasteiger partial charge in [0.05, 0.1) is 4.90 Å². The second-order valence-electron chi connectivity index (χ2n) is 7.28. The molecule has 0 unspecified atom stereocenters. The molecule has 8 heteroatoms. The summed E-state index contributed by atoms with van der Waals surface area (Å²) in [6, 6.07) is 17.3.